The highest BCUT2D eigenvalue weighted by atomic mass is 35.5. The molecule has 7 heteroatoms. The Morgan fingerprint density at radius 2 is 1.93 bits per heavy atom. The number of quaternary nitrogens is 1. The highest BCUT2D eigenvalue weighted by molar-refractivity contribution is 6.31. The molecule has 3 heterocycles. The minimum absolute atomic E-state index is 0.140. The smallest absolute Gasteiger partial charge is 0.291 e. The number of hydrogen-bond donors (Lipinski definition) is 2. The lowest BCUT2D eigenvalue weighted by Gasteiger charge is -2.29. The fourth-order valence-corrected chi connectivity index (χ4v) is 5.28. The summed E-state index contributed by atoms with van der Waals surface area (Å²) in [6.45, 7) is 7.91. The van der Waals surface area contributed by atoms with E-state index in [2.05, 4.69) is 5.32 Å². The van der Waals surface area contributed by atoms with Gasteiger partial charge >= 0.3 is 0 Å². The number of fused-ring (bicyclic) bond motifs is 4. The summed E-state index contributed by atoms with van der Waals surface area (Å²) >= 11 is 6.23. The highest BCUT2D eigenvalue weighted by Crippen LogP contribution is 2.50. The van der Waals surface area contributed by atoms with Crippen LogP contribution in [0.25, 0.3) is 0 Å². The Kier molecular flexibility index (Phi) is 4.13. The third-order valence-electron chi connectivity index (χ3n) is 6.60. The van der Waals surface area contributed by atoms with Gasteiger partial charge in [-0.25, -0.2) is 0 Å². The maximum absolute atomic E-state index is 13.4. The molecule has 0 bridgehead atoms. The molecule has 5 atom stereocenters. The zero-order valence-electron chi connectivity index (χ0n) is 16.0. The van der Waals surface area contributed by atoms with Gasteiger partial charge in [0.15, 0.2) is 0 Å². The van der Waals surface area contributed by atoms with Gasteiger partial charge in [-0.3, -0.25) is 19.3 Å². The number of rotatable bonds is 3. The largest absolute Gasteiger partial charge is 0.326 e. The Balaban J connectivity index is 1.92. The predicted octanol–water partition coefficient (Wildman–Crippen LogP) is 1.49. The normalized spacial score (nSPS) is 33.0. The lowest BCUT2D eigenvalue weighted by Crippen LogP contribution is -2.99. The second-order valence-corrected chi connectivity index (χ2v) is 8.74. The first-order valence-corrected chi connectivity index (χ1v) is 9.96. The lowest BCUT2D eigenvalue weighted by atomic mass is 9.76. The van der Waals surface area contributed by atoms with E-state index in [-0.39, 0.29) is 35.7 Å². The summed E-state index contributed by atoms with van der Waals surface area (Å²) in [6, 6.07) is 4.93. The molecule has 0 radical (unpaired) electrons. The third-order valence-corrected chi connectivity index (χ3v) is 6.83. The van der Waals surface area contributed by atoms with Gasteiger partial charge in [-0.2, -0.15) is 0 Å². The molecule has 0 aromatic heterocycles. The Morgan fingerprint density at radius 3 is 2.56 bits per heavy atom. The molecule has 144 valence electrons. The number of hydrogen-bond acceptors (Lipinski definition) is 3. The van der Waals surface area contributed by atoms with Crippen LogP contribution in [0, 0.1) is 17.8 Å². The van der Waals surface area contributed by atoms with Crippen molar-refractivity contribution in [1.29, 1.82) is 0 Å². The maximum atomic E-state index is 13.4. The third kappa shape index (κ3) is 2.26. The van der Waals surface area contributed by atoms with Gasteiger partial charge in [0.1, 0.15) is 17.9 Å². The second-order valence-electron chi connectivity index (χ2n) is 8.31. The molecule has 3 N–H and O–H groups in total. The van der Waals surface area contributed by atoms with Crippen molar-refractivity contribution in [1.82, 2.24) is 4.90 Å². The van der Waals surface area contributed by atoms with Crippen LogP contribution in [0.4, 0.5) is 5.69 Å². The lowest BCUT2D eigenvalue weighted by molar-refractivity contribution is -0.738. The van der Waals surface area contributed by atoms with Gasteiger partial charge in [0, 0.05) is 22.5 Å². The monoisotopic (exact) mass is 390 g/mol. The summed E-state index contributed by atoms with van der Waals surface area (Å²) < 4.78 is 0. The van der Waals surface area contributed by atoms with E-state index in [1.54, 1.807) is 18.2 Å². The molecule has 3 aliphatic heterocycles. The standard InChI is InChI=1S/C20H24ClN3O3/c1-5-10(4)24-17(25)14-15(18(24)26)20(23-16(14)9(2)3)12-8-11(21)6-7-13(12)22-19(20)27/h6-10,14-16,23H,5H2,1-4H3,(H,22,27)/p+1/t10-,14+,15+,16-,20+/m1/s1. The number of imide groups is 1. The number of nitrogens with one attached hydrogen (secondary N) is 1. The van der Waals surface area contributed by atoms with Crippen LogP contribution >= 0.6 is 11.6 Å². The molecule has 6 nitrogen and oxygen atoms in total. The Labute approximate surface area is 163 Å². The van der Waals surface area contributed by atoms with Crippen molar-refractivity contribution >= 4 is 35.0 Å². The summed E-state index contributed by atoms with van der Waals surface area (Å²) in [7, 11) is 0. The Bertz CT molecular complexity index is 855. The molecule has 0 saturated carbocycles. The molecule has 3 amide bonds. The molecular formula is C20H25ClN3O3+. The summed E-state index contributed by atoms with van der Waals surface area (Å²) in [5.74, 6) is -1.67. The van der Waals surface area contributed by atoms with Crippen LogP contribution in [0.2, 0.25) is 5.02 Å². The maximum Gasteiger partial charge on any atom is 0.291 e. The van der Waals surface area contributed by atoms with Crippen molar-refractivity contribution in [3.63, 3.8) is 0 Å². The molecule has 1 aromatic carbocycles. The van der Waals surface area contributed by atoms with Crippen LogP contribution < -0.4 is 10.6 Å². The summed E-state index contributed by atoms with van der Waals surface area (Å²) in [6.07, 6.45) is 0.689. The van der Waals surface area contributed by atoms with Crippen molar-refractivity contribution < 1.29 is 19.7 Å². The average molecular weight is 391 g/mol. The summed E-state index contributed by atoms with van der Waals surface area (Å²) in [5, 5.41) is 5.38. The molecule has 3 aliphatic rings. The van der Waals surface area contributed by atoms with Gasteiger partial charge in [0.05, 0.1) is 5.69 Å². The first-order valence-electron chi connectivity index (χ1n) is 9.58. The van der Waals surface area contributed by atoms with Crippen LogP contribution in [0.15, 0.2) is 18.2 Å². The van der Waals surface area contributed by atoms with E-state index in [4.69, 9.17) is 11.6 Å². The number of likely N-dealkylation sites (tertiary alicyclic amines) is 1. The van der Waals surface area contributed by atoms with Crippen LogP contribution in [0.3, 0.4) is 0 Å². The molecule has 0 aliphatic carbocycles. The van der Waals surface area contributed by atoms with Gasteiger partial charge in [-0.15, -0.1) is 0 Å². The number of halogens is 1. The van der Waals surface area contributed by atoms with E-state index in [0.717, 1.165) is 0 Å². The van der Waals surface area contributed by atoms with Crippen molar-refractivity contribution in [2.45, 2.75) is 51.7 Å². The molecule has 4 rings (SSSR count). The first kappa shape index (κ1) is 18.4. The van der Waals surface area contributed by atoms with Crippen LogP contribution in [0.5, 0.6) is 0 Å². The molecule has 2 saturated heterocycles. The number of amides is 3. The topological polar surface area (TPSA) is 83.1 Å². The van der Waals surface area contributed by atoms with Gasteiger partial charge in [0.25, 0.3) is 5.91 Å². The van der Waals surface area contributed by atoms with Crippen LogP contribution in [0.1, 0.15) is 39.7 Å². The molecular weight excluding hydrogens is 366 g/mol. The fraction of sp³-hybridized carbons (Fsp3) is 0.550. The number of carbonyl (C=O) groups is 3. The van der Waals surface area contributed by atoms with Crippen molar-refractivity contribution in [3.05, 3.63) is 28.8 Å². The number of carbonyl (C=O) groups excluding carboxylic acids is 3. The van der Waals surface area contributed by atoms with E-state index in [0.29, 0.717) is 22.7 Å². The minimum atomic E-state index is -1.13. The van der Waals surface area contributed by atoms with E-state index in [9.17, 15) is 14.4 Å². The molecule has 1 spiro atoms. The van der Waals surface area contributed by atoms with E-state index >= 15 is 0 Å². The highest BCUT2D eigenvalue weighted by Gasteiger charge is 2.74. The number of anilines is 1. The van der Waals surface area contributed by atoms with Gasteiger partial charge in [-0.1, -0.05) is 32.4 Å². The van der Waals surface area contributed by atoms with Crippen LogP contribution in [-0.2, 0) is 19.9 Å². The fourth-order valence-electron chi connectivity index (χ4n) is 5.11. The first-order chi connectivity index (χ1) is 12.7. The summed E-state index contributed by atoms with van der Waals surface area (Å²) in [5.41, 5.74) is 0.255. The molecule has 0 unspecified atom stereocenters. The molecule has 27 heavy (non-hydrogen) atoms. The van der Waals surface area contributed by atoms with Crippen molar-refractivity contribution in [2.24, 2.45) is 17.8 Å². The van der Waals surface area contributed by atoms with Crippen molar-refractivity contribution in [2.75, 3.05) is 5.32 Å². The second kappa shape index (κ2) is 6.04. The number of nitrogens with zero attached hydrogens (tertiary/aromatic N) is 1. The SMILES string of the molecule is CC[C@@H](C)N1C(=O)[C@@H]2[C@@H](C(C)C)[NH2+][C@]3(C(=O)Nc4ccc(Cl)cc43)[C@@H]2C1=O. The number of nitrogens with two attached hydrogens (primary N) is 1. The van der Waals surface area contributed by atoms with Crippen LogP contribution in [-0.4, -0.2) is 34.7 Å². The van der Waals surface area contributed by atoms with Gasteiger partial charge in [-0.05, 0) is 31.5 Å². The Hall–Kier alpha value is -1.92. The van der Waals surface area contributed by atoms with E-state index in [1.807, 2.05) is 33.0 Å². The zero-order chi connectivity index (χ0) is 19.7. The van der Waals surface area contributed by atoms with E-state index < -0.39 is 17.4 Å². The Morgan fingerprint density at radius 1 is 1.22 bits per heavy atom. The number of benzene rings is 1. The van der Waals surface area contributed by atoms with Crippen molar-refractivity contribution in [3.8, 4) is 0 Å². The minimum Gasteiger partial charge on any atom is -0.326 e. The quantitative estimate of drug-likeness (QED) is 0.767. The molecule has 2 fully saturated rings. The van der Waals surface area contributed by atoms with Gasteiger partial charge < -0.3 is 10.6 Å². The predicted molar refractivity (Wildman–Crippen MR) is 101 cm³/mol. The average Bonchev–Trinajstić information content (AvgIpc) is 3.20. The summed E-state index contributed by atoms with van der Waals surface area (Å²) in [4.78, 5) is 41.3. The van der Waals surface area contributed by atoms with Gasteiger partial charge in [0.2, 0.25) is 17.4 Å². The molecule has 1 aromatic rings. The van der Waals surface area contributed by atoms with E-state index in [1.165, 1.54) is 4.90 Å². The zero-order valence-corrected chi connectivity index (χ0v) is 16.7.